The molecule has 0 spiro atoms. The molecule has 0 aliphatic carbocycles. The maximum atomic E-state index is 13.5. The highest BCUT2D eigenvalue weighted by atomic mass is 32.2. The number of methoxy groups -OCH3 is 1. The average molecular weight is 463 g/mol. The first kappa shape index (κ1) is 22.8. The molecule has 0 saturated carbocycles. The summed E-state index contributed by atoms with van der Waals surface area (Å²) in [4.78, 5) is 15.9. The Kier molecular flexibility index (Phi) is 6.62. The van der Waals surface area contributed by atoms with Gasteiger partial charge in [-0.3, -0.25) is 4.79 Å². The molecule has 0 bridgehead atoms. The van der Waals surface area contributed by atoms with Gasteiger partial charge in [-0.2, -0.15) is 4.31 Å². The van der Waals surface area contributed by atoms with Gasteiger partial charge in [0.15, 0.2) is 0 Å². The Labute approximate surface area is 193 Å². The number of ether oxygens (including phenoxy) is 1. The highest BCUT2D eigenvalue weighted by molar-refractivity contribution is 7.89. The van der Waals surface area contributed by atoms with E-state index in [4.69, 9.17) is 4.74 Å². The van der Waals surface area contributed by atoms with Crippen LogP contribution in [0.5, 0.6) is 5.75 Å². The van der Waals surface area contributed by atoms with E-state index < -0.39 is 10.0 Å². The van der Waals surface area contributed by atoms with Gasteiger partial charge in [0.2, 0.25) is 10.0 Å². The second kappa shape index (κ2) is 9.60. The molecule has 0 amide bonds. The summed E-state index contributed by atoms with van der Waals surface area (Å²) in [6.45, 7) is 2.12. The molecule has 170 valence electrons. The molecule has 0 radical (unpaired) electrons. The van der Waals surface area contributed by atoms with Crippen molar-refractivity contribution in [1.29, 1.82) is 0 Å². The summed E-state index contributed by atoms with van der Waals surface area (Å²) in [7, 11) is -2.24. The van der Waals surface area contributed by atoms with Crippen LogP contribution in [0.25, 0.3) is 10.9 Å². The van der Waals surface area contributed by atoms with Crippen LogP contribution in [-0.4, -0.2) is 31.4 Å². The SMILES string of the molecule is COc1ccc2[nH]c(=O)c(CN(CCc3ccccc3)S(=O)(=O)c3ccc(C)cc3)cc2c1. The van der Waals surface area contributed by atoms with Crippen LogP contribution in [-0.2, 0) is 23.0 Å². The first-order chi connectivity index (χ1) is 15.9. The number of aryl methyl sites for hydroxylation is 1. The van der Waals surface area contributed by atoms with E-state index in [0.29, 0.717) is 23.3 Å². The van der Waals surface area contributed by atoms with Crippen molar-refractivity contribution in [2.24, 2.45) is 0 Å². The molecule has 1 N–H and O–H groups in total. The number of hydrogen-bond donors (Lipinski definition) is 1. The van der Waals surface area contributed by atoms with E-state index in [9.17, 15) is 13.2 Å². The first-order valence-corrected chi connectivity index (χ1v) is 12.1. The Morgan fingerprint density at radius 1 is 0.939 bits per heavy atom. The summed E-state index contributed by atoms with van der Waals surface area (Å²) in [5.41, 5.74) is 2.74. The maximum Gasteiger partial charge on any atom is 0.252 e. The summed E-state index contributed by atoms with van der Waals surface area (Å²) >= 11 is 0. The Morgan fingerprint density at radius 3 is 2.36 bits per heavy atom. The molecule has 6 nitrogen and oxygen atoms in total. The van der Waals surface area contributed by atoms with Crippen molar-refractivity contribution in [1.82, 2.24) is 9.29 Å². The monoisotopic (exact) mass is 462 g/mol. The highest BCUT2D eigenvalue weighted by Gasteiger charge is 2.25. The van der Waals surface area contributed by atoms with E-state index >= 15 is 0 Å². The third-order valence-electron chi connectivity index (χ3n) is 5.63. The standard InChI is InChI=1S/C26H26N2O4S/c1-19-8-11-24(12-9-19)33(30,31)28(15-14-20-6-4-3-5-7-20)18-22-16-21-17-23(32-2)10-13-25(21)27-26(22)29/h3-13,16-17H,14-15,18H2,1-2H3,(H,27,29). The number of sulfonamides is 1. The molecule has 33 heavy (non-hydrogen) atoms. The van der Waals surface area contributed by atoms with E-state index in [-0.39, 0.29) is 23.5 Å². The molecule has 1 aromatic heterocycles. The van der Waals surface area contributed by atoms with Gasteiger partial charge in [0.1, 0.15) is 5.75 Å². The fraction of sp³-hybridized carbons (Fsp3) is 0.192. The molecular weight excluding hydrogens is 436 g/mol. The van der Waals surface area contributed by atoms with Gasteiger partial charge in [0.05, 0.1) is 12.0 Å². The zero-order valence-corrected chi connectivity index (χ0v) is 19.4. The maximum absolute atomic E-state index is 13.5. The van der Waals surface area contributed by atoms with Gasteiger partial charge >= 0.3 is 0 Å². The fourth-order valence-electron chi connectivity index (χ4n) is 3.71. The van der Waals surface area contributed by atoms with E-state index in [1.54, 1.807) is 49.6 Å². The van der Waals surface area contributed by atoms with Crippen molar-refractivity contribution >= 4 is 20.9 Å². The third-order valence-corrected chi connectivity index (χ3v) is 7.49. The second-order valence-corrected chi connectivity index (χ2v) is 9.90. The van der Waals surface area contributed by atoms with Crippen molar-refractivity contribution in [2.75, 3.05) is 13.7 Å². The van der Waals surface area contributed by atoms with Crippen molar-refractivity contribution < 1.29 is 13.2 Å². The van der Waals surface area contributed by atoms with Gasteiger partial charge in [-0.15, -0.1) is 0 Å². The predicted octanol–water partition coefficient (Wildman–Crippen LogP) is 4.28. The zero-order valence-electron chi connectivity index (χ0n) is 18.6. The van der Waals surface area contributed by atoms with Crippen molar-refractivity contribution in [3.05, 3.63) is 106 Å². The molecule has 0 fully saturated rings. The lowest BCUT2D eigenvalue weighted by molar-refractivity contribution is 0.408. The summed E-state index contributed by atoms with van der Waals surface area (Å²) in [6, 6.07) is 23.6. The summed E-state index contributed by atoms with van der Waals surface area (Å²) in [5.74, 6) is 0.661. The van der Waals surface area contributed by atoms with Gasteiger partial charge in [0.25, 0.3) is 5.56 Å². The minimum Gasteiger partial charge on any atom is -0.497 e. The Bertz CT molecular complexity index is 1410. The lowest BCUT2D eigenvalue weighted by Gasteiger charge is -2.22. The number of aromatic amines is 1. The van der Waals surface area contributed by atoms with E-state index in [2.05, 4.69) is 4.98 Å². The molecule has 0 aliphatic rings. The van der Waals surface area contributed by atoms with Gasteiger partial charge in [0, 0.05) is 29.6 Å². The number of benzene rings is 3. The minimum absolute atomic E-state index is 0.0362. The van der Waals surface area contributed by atoms with Gasteiger partial charge < -0.3 is 9.72 Å². The van der Waals surface area contributed by atoms with E-state index in [1.165, 1.54) is 4.31 Å². The quantitative estimate of drug-likeness (QED) is 0.424. The number of aromatic nitrogens is 1. The van der Waals surface area contributed by atoms with Crippen molar-refractivity contribution in [2.45, 2.75) is 24.8 Å². The molecule has 0 saturated heterocycles. The molecule has 1 heterocycles. The number of fused-ring (bicyclic) bond motifs is 1. The number of pyridine rings is 1. The topological polar surface area (TPSA) is 79.5 Å². The number of H-pyrrole nitrogens is 1. The lowest BCUT2D eigenvalue weighted by Crippen LogP contribution is -2.34. The Morgan fingerprint density at radius 2 is 1.67 bits per heavy atom. The zero-order chi connectivity index (χ0) is 23.4. The summed E-state index contributed by atoms with van der Waals surface area (Å²) in [6.07, 6.45) is 0.533. The Balaban J connectivity index is 1.71. The van der Waals surface area contributed by atoms with Crippen LogP contribution in [0.4, 0.5) is 0 Å². The summed E-state index contributed by atoms with van der Waals surface area (Å²) in [5, 5.41) is 0.777. The predicted molar refractivity (Wildman–Crippen MR) is 130 cm³/mol. The van der Waals surface area contributed by atoms with Gasteiger partial charge in [-0.1, -0.05) is 48.0 Å². The molecule has 0 aliphatic heterocycles. The van der Waals surface area contributed by atoms with Crippen LogP contribution in [0.1, 0.15) is 16.7 Å². The van der Waals surface area contributed by atoms with Crippen LogP contribution in [0, 0.1) is 6.92 Å². The number of rotatable bonds is 8. The summed E-state index contributed by atoms with van der Waals surface area (Å²) < 4.78 is 33.7. The van der Waals surface area contributed by atoms with Crippen LogP contribution in [0.15, 0.2) is 88.6 Å². The van der Waals surface area contributed by atoms with Crippen LogP contribution in [0.2, 0.25) is 0 Å². The van der Waals surface area contributed by atoms with Crippen molar-refractivity contribution in [3.63, 3.8) is 0 Å². The largest absolute Gasteiger partial charge is 0.497 e. The number of nitrogens with one attached hydrogen (secondary N) is 1. The molecule has 4 aromatic rings. The molecular formula is C26H26N2O4S. The van der Waals surface area contributed by atoms with E-state index in [0.717, 1.165) is 16.5 Å². The lowest BCUT2D eigenvalue weighted by atomic mass is 10.1. The molecule has 4 rings (SSSR count). The first-order valence-electron chi connectivity index (χ1n) is 10.7. The molecule has 0 unspecified atom stereocenters. The second-order valence-electron chi connectivity index (χ2n) is 7.96. The van der Waals surface area contributed by atoms with Crippen LogP contribution >= 0.6 is 0 Å². The Hall–Kier alpha value is -3.42. The number of nitrogens with zero attached hydrogens (tertiary/aromatic N) is 1. The number of hydrogen-bond acceptors (Lipinski definition) is 4. The third kappa shape index (κ3) is 5.16. The van der Waals surface area contributed by atoms with E-state index in [1.807, 2.05) is 43.3 Å². The molecule has 3 aromatic carbocycles. The van der Waals surface area contributed by atoms with Crippen LogP contribution < -0.4 is 10.3 Å². The van der Waals surface area contributed by atoms with Gasteiger partial charge in [-0.05, 0) is 55.3 Å². The minimum atomic E-state index is -3.81. The average Bonchev–Trinajstić information content (AvgIpc) is 2.82. The van der Waals surface area contributed by atoms with Crippen molar-refractivity contribution in [3.8, 4) is 5.75 Å². The fourth-order valence-corrected chi connectivity index (χ4v) is 5.13. The van der Waals surface area contributed by atoms with Gasteiger partial charge in [-0.25, -0.2) is 8.42 Å². The smallest absolute Gasteiger partial charge is 0.252 e. The normalized spacial score (nSPS) is 11.7. The highest BCUT2D eigenvalue weighted by Crippen LogP contribution is 2.22. The molecule has 7 heteroatoms. The molecule has 0 atom stereocenters. The van der Waals surface area contributed by atoms with Crippen LogP contribution in [0.3, 0.4) is 0 Å².